The van der Waals surface area contributed by atoms with Gasteiger partial charge in [-0.05, 0) is 12.1 Å². The number of rotatable bonds is 7. The molecule has 0 bridgehead atoms. The molecule has 0 aliphatic rings. The fraction of sp³-hybridized carbons (Fsp3) is 0.385. The number of phenols is 1. The van der Waals surface area contributed by atoms with E-state index in [1.165, 1.54) is 7.11 Å². The van der Waals surface area contributed by atoms with E-state index in [2.05, 4.69) is 10.1 Å². The minimum Gasteiger partial charge on any atom is -0.504 e. The number of nitrogens with zero attached hydrogens (tertiary/aromatic N) is 2. The maximum Gasteiger partial charge on any atom is 0.261 e. The minimum atomic E-state index is -2.50. The van der Waals surface area contributed by atoms with Crippen LogP contribution in [0, 0.1) is 0 Å². The second-order valence-corrected chi connectivity index (χ2v) is 4.09. The molecule has 0 radical (unpaired) electrons. The van der Waals surface area contributed by atoms with Crippen LogP contribution in [0.1, 0.15) is 5.82 Å². The molecule has 1 aromatic carbocycles. The van der Waals surface area contributed by atoms with Crippen LogP contribution >= 0.6 is 0 Å². The summed E-state index contributed by atoms with van der Waals surface area (Å²) in [4.78, 5) is 4.07. The summed E-state index contributed by atoms with van der Waals surface area (Å²) >= 11 is 0. The summed E-state index contributed by atoms with van der Waals surface area (Å²) in [6.45, 7) is -0.561. The normalized spacial score (nSPS) is 11.0. The van der Waals surface area contributed by atoms with Gasteiger partial charge in [-0.3, -0.25) is 0 Å². The SMILES string of the molecule is COc1cccc(-c2nc(CCOCC(F)F)no2)c1O. The van der Waals surface area contributed by atoms with E-state index in [0.29, 0.717) is 11.4 Å². The van der Waals surface area contributed by atoms with E-state index in [1.807, 2.05) is 0 Å². The van der Waals surface area contributed by atoms with Gasteiger partial charge in [0, 0.05) is 6.42 Å². The summed E-state index contributed by atoms with van der Waals surface area (Å²) in [5.41, 5.74) is 0.335. The Hall–Kier alpha value is -2.22. The number of hydrogen-bond donors (Lipinski definition) is 1. The standard InChI is InChI=1S/C13H14F2N2O4/c1-19-9-4-2-3-8(12(9)18)13-16-11(17-21-13)5-6-20-7-10(14)15/h2-4,10,18H,5-7H2,1H3. The third kappa shape index (κ3) is 3.88. The van der Waals surface area contributed by atoms with Gasteiger partial charge in [0.25, 0.3) is 12.3 Å². The first-order chi connectivity index (χ1) is 10.1. The second kappa shape index (κ2) is 6.98. The van der Waals surface area contributed by atoms with Gasteiger partial charge in [0.05, 0.1) is 19.3 Å². The molecular formula is C13H14F2N2O4. The van der Waals surface area contributed by atoms with Gasteiger partial charge in [-0.2, -0.15) is 4.98 Å². The summed E-state index contributed by atoms with van der Waals surface area (Å²) in [5.74, 6) is 0.605. The molecule has 2 rings (SSSR count). The molecule has 0 aliphatic carbocycles. The molecule has 2 aromatic rings. The molecule has 1 heterocycles. The number of alkyl halides is 2. The van der Waals surface area contributed by atoms with Gasteiger partial charge in [0.2, 0.25) is 0 Å². The third-order valence-electron chi connectivity index (χ3n) is 2.63. The first kappa shape index (κ1) is 15.2. The molecular weight excluding hydrogens is 286 g/mol. The maximum absolute atomic E-state index is 11.9. The van der Waals surface area contributed by atoms with Crippen LogP contribution in [0.15, 0.2) is 22.7 Å². The van der Waals surface area contributed by atoms with Crippen molar-refractivity contribution in [3.63, 3.8) is 0 Å². The van der Waals surface area contributed by atoms with Crippen LogP contribution in [0.5, 0.6) is 11.5 Å². The fourth-order valence-electron chi connectivity index (χ4n) is 1.66. The molecule has 0 fully saturated rings. The van der Waals surface area contributed by atoms with Crippen molar-refractivity contribution in [3.8, 4) is 23.0 Å². The monoisotopic (exact) mass is 300 g/mol. The number of benzene rings is 1. The Balaban J connectivity index is 2.03. The summed E-state index contributed by atoms with van der Waals surface area (Å²) < 4.78 is 38.5. The lowest BCUT2D eigenvalue weighted by Gasteiger charge is -2.04. The molecule has 1 aromatic heterocycles. The molecule has 0 unspecified atom stereocenters. The fourth-order valence-corrected chi connectivity index (χ4v) is 1.66. The van der Waals surface area contributed by atoms with E-state index in [4.69, 9.17) is 14.0 Å². The Bertz CT molecular complexity index is 589. The van der Waals surface area contributed by atoms with Crippen LogP contribution < -0.4 is 4.74 Å². The number of phenolic OH excluding ortho intramolecular Hbond substituents is 1. The highest BCUT2D eigenvalue weighted by molar-refractivity contribution is 5.66. The Morgan fingerprint density at radius 3 is 2.90 bits per heavy atom. The predicted octanol–water partition coefficient (Wildman–Crippen LogP) is 2.28. The molecule has 0 atom stereocenters. The molecule has 0 saturated heterocycles. The lowest BCUT2D eigenvalue weighted by molar-refractivity contribution is 0.0182. The quantitative estimate of drug-likeness (QED) is 0.790. The van der Waals surface area contributed by atoms with Crippen LogP contribution in [-0.2, 0) is 11.2 Å². The second-order valence-electron chi connectivity index (χ2n) is 4.09. The first-order valence-electron chi connectivity index (χ1n) is 6.16. The minimum absolute atomic E-state index is 0.0629. The summed E-state index contributed by atoms with van der Waals surface area (Å²) in [7, 11) is 1.43. The predicted molar refractivity (Wildman–Crippen MR) is 68.5 cm³/mol. The zero-order valence-electron chi connectivity index (χ0n) is 11.3. The molecule has 0 amide bonds. The molecule has 0 aliphatic heterocycles. The third-order valence-corrected chi connectivity index (χ3v) is 2.63. The van der Waals surface area contributed by atoms with Crippen molar-refractivity contribution in [2.24, 2.45) is 0 Å². The van der Waals surface area contributed by atoms with Crippen LogP contribution in [-0.4, -0.2) is 42.0 Å². The van der Waals surface area contributed by atoms with Crippen molar-refractivity contribution in [3.05, 3.63) is 24.0 Å². The van der Waals surface area contributed by atoms with E-state index in [1.54, 1.807) is 18.2 Å². The number of halogens is 2. The number of aromatic nitrogens is 2. The van der Waals surface area contributed by atoms with E-state index in [-0.39, 0.29) is 30.4 Å². The van der Waals surface area contributed by atoms with Crippen molar-refractivity contribution in [2.75, 3.05) is 20.3 Å². The zero-order valence-corrected chi connectivity index (χ0v) is 11.3. The molecule has 114 valence electrons. The first-order valence-corrected chi connectivity index (χ1v) is 6.16. The van der Waals surface area contributed by atoms with Crippen LogP contribution in [0.4, 0.5) is 8.78 Å². The highest BCUT2D eigenvalue weighted by Crippen LogP contribution is 2.35. The van der Waals surface area contributed by atoms with Gasteiger partial charge in [0.1, 0.15) is 6.61 Å². The number of hydrogen-bond acceptors (Lipinski definition) is 6. The van der Waals surface area contributed by atoms with Crippen molar-refractivity contribution < 1.29 is 27.9 Å². The van der Waals surface area contributed by atoms with Crippen LogP contribution in [0.3, 0.4) is 0 Å². The lowest BCUT2D eigenvalue weighted by atomic mass is 10.2. The molecule has 0 saturated carbocycles. The van der Waals surface area contributed by atoms with Gasteiger partial charge < -0.3 is 19.1 Å². The summed E-state index contributed by atoms with van der Waals surface area (Å²) in [6, 6.07) is 4.86. The van der Waals surface area contributed by atoms with Crippen LogP contribution in [0.2, 0.25) is 0 Å². The number of aromatic hydroxyl groups is 1. The largest absolute Gasteiger partial charge is 0.504 e. The number of methoxy groups -OCH3 is 1. The number of para-hydroxylation sites is 1. The molecule has 8 heteroatoms. The Morgan fingerprint density at radius 2 is 2.19 bits per heavy atom. The van der Waals surface area contributed by atoms with Crippen LogP contribution in [0.25, 0.3) is 11.5 Å². The van der Waals surface area contributed by atoms with Crippen molar-refractivity contribution in [1.29, 1.82) is 0 Å². The molecule has 6 nitrogen and oxygen atoms in total. The average Bonchev–Trinajstić information content (AvgIpc) is 2.92. The number of ether oxygens (including phenoxy) is 2. The van der Waals surface area contributed by atoms with Gasteiger partial charge >= 0.3 is 0 Å². The summed E-state index contributed by atoms with van der Waals surface area (Å²) in [5, 5.41) is 13.7. The highest BCUT2D eigenvalue weighted by atomic mass is 19.3. The van der Waals surface area contributed by atoms with Gasteiger partial charge in [0.15, 0.2) is 17.3 Å². The highest BCUT2D eigenvalue weighted by Gasteiger charge is 2.15. The molecule has 0 spiro atoms. The molecule has 1 N–H and O–H groups in total. The average molecular weight is 300 g/mol. The van der Waals surface area contributed by atoms with E-state index >= 15 is 0 Å². The van der Waals surface area contributed by atoms with Crippen molar-refractivity contribution in [1.82, 2.24) is 10.1 Å². The maximum atomic E-state index is 11.9. The molecule has 21 heavy (non-hydrogen) atoms. The smallest absolute Gasteiger partial charge is 0.261 e. The zero-order chi connectivity index (χ0) is 15.2. The van der Waals surface area contributed by atoms with Gasteiger partial charge in [-0.15, -0.1) is 0 Å². The van der Waals surface area contributed by atoms with Crippen molar-refractivity contribution >= 4 is 0 Å². The van der Waals surface area contributed by atoms with E-state index < -0.39 is 13.0 Å². The Kier molecular flexibility index (Phi) is 5.04. The Morgan fingerprint density at radius 1 is 1.38 bits per heavy atom. The van der Waals surface area contributed by atoms with Gasteiger partial charge in [-0.25, -0.2) is 8.78 Å². The van der Waals surface area contributed by atoms with Gasteiger partial charge in [-0.1, -0.05) is 11.2 Å². The van der Waals surface area contributed by atoms with E-state index in [9.17, 15) is 13.9 Å². The topological polar surface area (TPSA) is 77.6 Å². The Labute approximate surface area is 119 Å². The summed E-state index contributed by atoms with van der Waals surface area (Å²) in [6.07, 6.45) is -2.26. The van der Waals surface area contributed by atoms with Crippen molar-refractivity contribution in [2.45, 2.75) is 12.8 Å². The lowest BCUT2D eigenvalue weighted by Crippen LogP contribution is -2.07. The van der Waals surface area contributed by atoms with E-state index in [0.717, 1.165) is 0 Å².